The number of nitriles is 1. The van der Waals surface area contributed by atoms with E-state index in [2.05, 4.69) is 0 Å². The van der Waals surface area contributed by atoms with E-state index in [0.717, 1.165) is 11.6 Å². The highest BCUT2D eigenvalue weighted by Gasteiger charge is 2.36. The summed E-state index contributed by atoms with van der Waals surface area (Å²) < 4.78 is 10.0. The van der Waals surface area contributed by atoms with Gasteiger partial charge < -0.3 is 9.47 Å². The molecule has 0 aliphatic heterocycles. The Hall–Kier alpha value is -3.93. The quantitative estimate of drug-likeness (QED) is 0.327. The fourth-order valence-electron chi connectivity index (χ4n) is 2.54. The molecule has 0 heterocycles. The number of hydrogen-bond donors (Lipinski definition) is 0. The molecule has 2 rings (SSSR count). The number of nitro benzene ring substituents is 2. The fourth-order valence-corrected chi connectivity index (χ4v) is 2.54. The third kappa shape index (κ3) is 3.85. The molecule has 0 fully saturated rings. The van der Waals surface area contributed by atoms with Gasteiger partial charge in [0.05, 0.1) is 35.7 Å². The van der Waals surface area contributed by atoms with Crippen molar-refractivity contribution in [3.05, 3.63) is 67.3 Å². The summed E-state index contributed by atoms with van der Waals surface area (Å²) >= 11 is 0. The molecule has 138 valence electrons. The molecule has 0 spiro atoms. The Kier molecular flexibility index (Phi) is 5.72. The van der Waals surface area contributed by atoms with Crippen molar-refractivity contribution in [2.24, 2.45) is 0 Å². The van der Waals surface area contributed by atoms with E-state index in [-0.39, 0.29) is 17.1 Å². The van der Waals surface area contributed by atoms with Crippen LogP contribution in [0.25, 0.3) is 11.6 Å². The van der Waals surface area contributed by atoms with E-state index >= 15 is 0 Å². The molecular formula is C18H15N3O6. The Labute approximate surface area is 154 Å². The molecule has 0 bridgehead atoms. The first-order valence-corrected chi connectivity index (χ1v) is 7.60. The lowest BCUT2D eigenvalue weighted by atomic mass is 9.98. The van der Waals surface area contributed by atoms with Crippen LogP contribution in [0.1, 0.15) is 16.7 Å². The molecule has 0 saturated heterocycles. The summed E-state index contributed by atoms with van der Waals surface area (Å²) in [6, 6.07) is 9.80. The maximum absolute atomic E-state index is 11.7. The zero-order valence-corrected chi connectivity index (χ0v) is 14.8. The van der Waals surface area contributed by atoms with Gasteiger partial charge in [0.1, 0.15) is 6.07 Å². The maximum atomic E-state index is 11.7. The van der Waals surface area contributed by atoms with Crippen molar-refractivity contribution >= 4 is 23.0 Å². The van der Waals surface area contributed by atoms with Crippen LogP contribution in [-0.4, -0.2) is 24.1 Å². The molecular weight excluding hydrogens is 354 g/mol. The number of rotatable bonds is 6. The number of methoxy groups -OCH3 is 2. The highest BCUT2D eigenvalue weighted by Crippen LogP contribution is 2.47. The predicted octanol–water partition coefficient (Wildman–Crippen LogP) is 3.89. The molecule has 0 radical (unpaired) electrons. The minimum absolute atomic E-state index is 0.174. The molecule has 0 unspecified atom stereocenters. The Morgan fingerprint density at radius 3 is 2.19 bits per heavy atom. The van der Waals surface area contributed by atoms with Crippen LogP contribution in [0.3, 0.4) is 0 Å². The highest BCUT2D eigenvalue weighted by atomic mass is 16.6. The minimum atomic E-state index is -0.829. The Balaban J connectivity index is 2.90. The van der Waals surface area contributed by atoms with Gasteiger partial charge in [0.25, 0.3) is 5.69 Å². The number of nitrogens with zero attached hydrogens (tertiary/aromatic N) is 3. The van der Waals surface area contributed by atoms with Gasteiger partial charge in [-0.15, -0.1) is 0 Å². The second-order valence-electron chi connectivity index (χ2n) is 5.45. The van der Waals surface area contributed by atoms with Crippen molar-refractivity contribution in [1.29, 1.82) is 5.26 Å². The number of benzene rings is 2. The lowest BCUT2D eigenvalue weighted by molar-refractivity contribution is -0.395. The average molecular weight is 369 g/mol. The molecule has 0 N–H and O–H groups in total. The number of aryl methyl sites for hydroxylation is 1. The number of allylic oxidation sites excluding steroid dienone is 1. The summed E-state index contributed by atoms with van der Waals surface area (Å²) in [4.78, 5) is 21.6. The second-order valence-corrected chi connectivity index (χ2v) is 5.45. The van der Waals surface area contributed by atoms with E-state index in [9.17, 15) is 25.5 Å². The molecule has 0 amide bonds. The van der Waals surface area contributed by atoms with Gasteiger partial charge in [-0.2, -0.15) is 5.26 Å². The third-order valence-corrected chi connectivity index (χ3v) is 3.78. The Morgan fingerprint density at radius 2 is 1.74 bits per heavy atom. The largest absolute Gasteiger partial charge is 0.492 e. The van der Waals surface area contributed by atoms with Crippen molar-refractivity contribution in [2.45, 2.75) is 6.92 Å². The van der Waals surface area contributed by atoms with Crippen LogP contribution in [-0.2, 0) is 0 Å². The van der Waals surface area contributed by atoms with Gasteiger partial charge in [-0.1, -0.05) is 29.8 Å². The summed E-state index contributed by atoms with van der Waals surface area (Å²) in [5.41, 5.74) is -0.462. The van der Waals surface area contributed by atoms with Gasteiger partial charge in [-0.05, 0) is 18.6 Å². The van der Waals surface area contributed by atoms with Crippen molar-refractivity contribution < 1.29 is 19.3 Å². The van der Waals surface area contributed by atoms with Crippen LogP contribution >= 0.6 is 0 Å². The molecule has 2 aromatic carbocycles. The molecule has 0 atom stereocenters. The van der Waals surface area contributed by atoms with Crippen molar-refractivity contribution in [1.82, 2.24) is 0 Å². The first kappa shape index (κ1) is 19.4. The van der Waals surface area contributed by atoms with Crippen LogP contribution in [0.15, 0.2) is 30.3 Å². The van der Waals surface area contributed by atoms with Gasteiger partial charge >= 0.3 is 5.69 Å². The Morgan fingerprint density at radius 1 is 1.11 bits per heavy atom. The number of hydrogen-bond acceptors (Lipinski definition) is 7. The van der Waals surface area contributed by atoms with E-state index < -0.39 is 26.8 Å². The van der Waals surface area contributed by atoms with Gasteiger partial charge in [0, 0.05) is 0 Å². The molecule has 0 aliphatic carbocycles. The smallest absolute Gasteiger partial charge is 0.330 e. The normalized spacial score (nSPS) is 10.8. The minimum Gasteiger partial charge on any atom is -0.492 e. The summed E-state index contributed by atoms with van der Waals surface area (Å²) in [7, 11) is 2.38. The zero-order valence-electron chi connectivity index (χ0n) is 14.8. The first-order chi connectivity index (χ1) is 12.8. The van der Waals surface area contributed by atoms with Crippen molar-refractivity contribution in [3.8, 4) is 17.6 Å². The van der Waals surface area contributed by atoms with Gasteiger partial charge in [0.15, 0.2) is 11.3 Å². The van der Waals surface area contributed by atoms with Crippen LogP contribution in [0.2, 0.25) is 0 Å². The number of ether oxygens (including phenoxy) is 2. The van der Waals surface area contributed by atoms with Crippen molar-refractivity contribution in [2.75, 3.05) is 14.2 Å². The summed E-state index contributed by atoms with van der Waals surface area (Å²) in [5, 5.41) is 32.8. The van der Waals surface area contributed by atoms with Gasteiger partial charge in [0.2, 0.25) is 5.75 Å². The SMILES string of the molecule is COc1cc([N+](=O)[O-])c(/C(C#N)=C\c2ccc(C)cc2)c([N+](=O)[O-])c1OC. The lowest BCUT2D eigenvalue weighted by Crippen LogP contribution is -2.05. The molecule has 0 aromatic heterocycles. The summed E-state index contributed by atoms with van der Waals surface area (Å²) in [5.74, 6) is -0.472. The summed E-state index contributed by atoms with van der Waals surface area (Å²) in [6.45, 7) is 1.88. The molecule has 27 heavy (non-hydrogen) atoms. The third-order valence-electron chi connectivity index (χ3n) is 3.78. The van der Waals surface area contributed by atoms with E-state index in [1.165, 1.54) is 20.3 Å². The van der Waals surface area contributed by atoms with E-state index in [4.69, 9.17) is 9.47 Å². The molecule has 2 aromatic rings. The highest BCUT2D eigenvalue weighted by molar-refractivity contribution is 5.97. The summed E-state index contributed by atoms with van der Waals surface area (Å²) in [6.07, 6.45) is 1.35. The zero-order chi connectivity index (χ0) is 20.1. The van der Waals surface area contributed by atoms with Gasteiger partial charge in [-0.3, -0.25) is 20.2 Å². The van der Waals surface area contributed by atoms with E-state index in [1.807, 2.05) is 13.0 Å². The topological polar surface area (TPSA) is 129 Å². The molecule has 9 heteroatoms. The predicted molar refractivity (Wildman–Crippen MR) is 97.5 cm³/mol. The van der Waals surface area contributed by atoms with Crippen LogP contribution in [0, 0.1) is 38.5 Å². The molecule has 0 aliphatic rings. The Bertz CT molecular complexity index is 974. The molecule has 0 saturated carbocycles. The van der Waals surface area contributed by atoms with Gasteiger partial charge in [-0.25, -0.2) is 0 Å². The van der Waals surface area contributed by atoms with E-state index in [0.29, 0.717) is 5.56 Å². The second kappa shape index (κ2) is 7.97. The number of nitro groups is 2. The van der Waals surface area contributed by atoms with Crippen molar-refractivity contribution in [3.63, 3.8) is 0 Å². The van der Waals surface area contributed by atoms with E-state index in [1.54, 1.807) is 24.3 Å². The van der Waals surface area contributed by atoms with Crippen LogP contribution in [0.5, 0.6) is 11.5 Å². The maximum Gasteiger partial charge on any atom is 0.330 e. The first-order valence-electron chi connectivity index (χ1n) is 7.60. The lowest BCUT2D eigenvalue weighted by Gasteiger charge is -2.11. The standard InChI is InChI=1S/C18H15N3O6/c1-11-4-6-12(7-5-11)8-13(10-19)16-14(20(22)23)9-15(26-2)18(27-3)17(16)21(24)25/h4-9H,1-3H3/b13-8-. The monoisotopic (exact) mass is 369 g/mol. The fraction of sp³-hybridized carbons (Fsp3) is 0.167. The van der Waals surface area contributed by atoms with Crippen LogP contribution < -0.4 is 9.47 Å². The molecule has 9 nitrogen and oxygen atoms in total. The average Bonchev–Trinajstić information content (AvgIpc) is 2.65. The van der Waals surface area contributed by atoms with Crippen LogP contribution in [0.4, 0.5) is 11.4 Å².